The summed E-state index contributed by atoms with van der Waals surface area (Å²) in [6.45, 7) is 0. The van der Waals surface area contributed by atoms with E-state index in [-0.39, 0.29) is 0 Å². The van der Waals surface area contributed by atoms with E-state index in [1.165, 1.54) is 60.5 Å². The molecule has 0 bridgehead atoms. The molecule has 0 amide bonds. The Kier molecular flexibility index (Phi) is 2.80. The van der Waals surface area contributed by atoms with Crippen LogP contribution in [0.15, 0.2) is 103 Å². The third-order valence-corrected chi connectivity index (χ3v) is 6.32. The molecule has 29 heavy (non-hydrogen) atoms. The molecule has 7 rings (SSSR count). The second-order valence-electron chi connectivity index (χ2n) is 7.78. The van der Waals surface area contributed by atoms with Crippen molar-refractivity contribution in [1.82, 2.24) is 4.57 Å². The third kappa shape index (κ3) is 1.85. The summed E-state index contributed by atoms with van der Waals surface area (Å²) in [7, 11) is 0. The Morgan fingerprint density at radius 1 is 0.483 bits per heavy atom. The van der Waals surface area contributed by atoms with Gasteiger partial charge in [-0.15, -0.1) is 0 Å². The van der Waals surface area contributed by atoms with Crippen LogP contribution in [0, 0.1) is 0 Å². The first-order valence-electron chi connectivity index (χ1n) is 10.1. The minimum atomic E-state index is 1.20. The van der Waals surface area contributed by atoms with Gasteiger partial charge in [-0.1, -0.05) is 84.9 Å². The van der Waals surface area contributed by atoms with Gasteiger partial charge in [-0.2, -0.15) is 0 Å². The van der Waals surface area contributed by atoms with Crippen LogP contribution in [0.2, 0.25) is 0 Å². The van der Waals surface area contributed by atoms with Gasteiger partial charge in [0.25, 0.3) is 0 Å². The molecule has 1 heteroatoms. The molecule has 1 aliphatic carbocycles. The van der Waals surface area contributed by atoms with Gasteiger partial charge in [0.15, 0.2) is 0 Å². The number of hydrogen-bond donors (Lipinski definition) is 0. The summed E-state index contributed by atoms with van der Waals surface area (Å²) in [5.74, 6) is 0. The van der Waals surface area contributed by atoms with Crippen molar-refractivity contribution in [2.75, 3.05) is 0 Å². The molecule has 1 aromatic heterocycles. The van der Waals surface area contributed by atoms with Crippen LogP contribution in [0.3, 0.4) is 0 Å². The van der Waals surface area contributed by atoms with E-state index >= 15 is 0 Å². The number of hydrogen-bond acceptors (Lipinski definition) is 0. The van der Waals surface area contributed by atoms with Crippen LogP contribution in [-0.2, 0) is 0 Å². The van der Waals surface area contributed by atoms with Crippen molar-refractivity contribution in [2.24, 2.45) is 0 Å². The highest BCUT2D eigenvalue weighted by Gasteiger charge is 2.26. The first kappa shape index (κ1) is 15.1. The number of para-hydroxylation sites is 2. The quantitative estimate of drug-likeness (QED) is 0.282. The highest BCUT2D eigenvalue weighted by molar-refractivity contribution is 6.24. The Labute approximate surface area is 168 Å². The topological polar surface area (TPSA) is 4.93 Å². The maximum atomic E-state index is 2.44. The minimum Gasteiger partial charge on any atom is -0.309 e. The molecule has 1 aliphatic rings. The first-order chi connectivity index (χ1) is 14.4. The summed E-state index contributed by atoms with van der Waals surface area (Å²) in [5.41, 5.74) is 9.15. The predicted octanol–water partition coefficient (Wildman–Crippen LogP) is 7.58. The van der Waals surface area contributed by atoms with Gasteiger partial charge in [0, 0.05) is 22.0 Å². The molecule has 0 spiro atoms. The van der Waals surface area contributed by atoms with Crippen LogP contribution in [0.25, 0.3) is 60.5 Å². The van der Waals surface area contributed by atoms with Gasteiger partial charge in [-0.25, -0.2) is 0 Å². The zero-order chi connectivity index (χ0) is 18.9. The van der Waals surface area contributed by atoms with E-state index in [1.54, 1.807) is 0 Å². The number of fused-ring (bicyclic) bond motifs is 7. The largest absolute Gasteiger partial charge is 0.309 e. The van der Waals surface area contributed by atoms with Crippen LogP contribution in [-0.4, -0.2) is 4.57 Å². The lowest BCUT2D eigenvalue weighted by molar-refractivity contribution is 1.18. The summed E-state index contributed by atoms with van der Waals surface area (Å²) in [6.07, 6.45) is 0. The summed E-state index contributed by atoms with van der Waals surface area (Å²) >= 11 is 0. The molecule has 0 radical (unpaired) electrons. The average Bonchev–Trinajstić information content (AvgIpc) is 3.29. The molecular formula is C28H17N. The van der Waals surface area contributed by atoms with Crippen molar-refractivity contribution in [1.29, 1.82) is 0 Å². The summed E-state index contributed by atoms with van der Waals surface area (Å²) < 4.78 is 2.44. The monoisotopic (exact) mass is 367 g/mol. The normalized spacial score (nSPS) is 12.1. The van der Waals surface area contributed by atoms with Crippen LogP contribution < -0.4 is 0 Å². The Morgan fingerprint density at radius 2 is 1.24 bits per heavy atom. The fourth-order valence-corrected chi connectivity index (χ4v) is 5.17. The van der Waals surface area contributed by atoms with Crippen LogP contribution >= 0.6 is 0 Å². The van der Waals surface area contributed by atoms with Crippen molar-refractivity contribution in [3.05, 3.63) is 103 Å². The molecule has 134 valence electrons. The zero-order valence-electron chi connectivity index (χ0n) is 15.8. The molecule has 5 aromatic carbocycles. The molecule has 0 fully saturated rings. The van der Waals surface area contributed by atoms with Crippen LogP contribution in [0.4, 0.5) is 0 Å². The van der Waals surface area contributed by atoms with Crippen molar-refractivity contribution in [2.45, 2.75) is 0 Å². The van der Waals surface area contributed by atoms with Crippen LogP contribution in [0.1, 0.15) is 0 Å². The lowest BCUT2D eigenvalue weighted by Crippen LogP contribution is -1.95. The Hall–Kier alpha value is -3.84. The second kappa shape index (κ2) is 5.36. The van der Waals surface area contributed by atoms with E-state index in [0.29, 0.717) is 0 Å². The molecule has 1 heterocycles. The van der Waals surface area contributed by atoms with E-state index in [9.17, 15) is 0 Å². The Bertz CT molecular complexity index is 1580. The fraction of sp³-hybridized carbons (Fsp3) is 0. The number of nitrogens with zero attached hydrogens (tertiary/aromatic N) is 1. The van der Waals surface area contributed by atoms with Crippen LogP contribution in [0.5, 0.6) is 0 Å². The minimum absolute atomic E-state index is 1.20. The van der Waals surface area contributed by atoms with Gasteiger partial charge in [-0.05, 0) is 45.7 Å². The molecule has 0 unspecified atom stereocenters. The Balaban J connectivity index is 1.76. The van der Waals surface area contributed by atoms with E-state index in [2.05, 4.69) is 108 Å². The van der Waals surface area contributed by atoms with Gasteiger partial charge < -0.3 is 4.57 Å². The summed E-state index contributed by atoms with van der Waals surface area (Å²) in [5, 5.41) is 5.30. The lowest BCUT2D eigenvalue weighted by atomic mass is 10.0. The van der Waals surface area contributed by atoms with Gasteiger partial charge >= 0.3 is 0 Å². The van der Waals surface area contributed by atoms with E-state index in [1.807, 2.05) is 0 Å². The summed E-state index contributed by atoms with van der Waals surface area (Å²) in [4.78, 5) is 0. The van der Waals surface area contributed by atoms with Crippen molar-refractivity contribution >= 4 is 32.6 Å². The Morgan fingerprint density at radius 3 is 2.10 bits per heavy atom. The fourth-order valence-electron chi connectivity index (χ4n) is 5.17. The highest BCUT2D eigenvalue weighted by Crippen LogP contribution is 2.51. The van der Waals surface area contributed by atoms with Crippen molar-refractivity contribution in [3.63, 3.8) is 0 Å². The number of benzene rings is 5. The molecule has 0 saturated carbocycles. The number of rotatable bonds is 1. The smallest absolute Gasteiger partial charge is 0.0625 e. The molecule has 0 saturated heterocycles. The van der Waals surface area contributed by atoms with E-state index in [0.717, 1.165) is 0 Å². The molecular weight excluding hydrogens is 350 g/mol. The maximum absolute atomic E-state index is 2.44. The molecule has 0 N–H and O–H groups in total. The SMILES string of the molecule is c1ccc(-n2c3ccccc3c3ccc4c(c32)-c2cccc3cccc-4c23)cc1. The van der Waals surface area contributed by atoms with Gasteiger partial charge in [-0.3, -0.25) is 0 Å². The molecule has 0 atom stereocenters. The van der Waals surface area contributed by atoms with E-state index in [4.69, 9.17) is 0 Å². The molecule has 1 nitrogen and oxygen atoms in total. The van der Waals surface area contributed by atoms with E-state index < -0.39 is 0 Å². The predicted molar refractivity (Wildman–Crippen MR) is 123 cm³/mol. The van der Waals surface area contributed by atoms with Gasteiger partial charge in [0.2, 0.25) is 0 Å². The average molecular weight is 367 g/mol. The lowest BCUT2D eigenvalue weighted by Gasteiger charge is -2.11. The second-order valence-corrected chi connectivity index (χ2v) is 7.78. The maximum Gasteiger partial charge on any atom is 0.0625 e. The molecule has 6 aromatic rings. The number of aromatic nitrogens is 1. The van der Waals surface area contributed by atoms with Crippen molar-refractivity contribution < 1.29 is 0 Å². The van der Waals surface area contributed by atoms with Gasteiger partial charge in [0.1, 0.15) is 0 Å². The zero-order valence-corrected chi connectivity index (χ0v) is 15.8. The standard InChI is InChI=1S/C28H17N/c1-2-10-19(11-3-1)29-25-15-5-4-12-20(25)23-17-16-22-21-13-6-8-18-9-7-14-24(26(18)21)27(22)28(23)29/h1-17H. The summed E-state index contributed by atoms with van der Waals surface area (Å²) in [6, 6.07) is 37.4. The molecule has 0 aliphatic heterocycles. The third-order valence-electron chi connectivity index (χ3n) is 6.32. The first-order valence-corrected chi connectivity index (χ1v) is 10.1. The highest BCUT2D eigenvalue weighted by atomic mass is 15.0. The van der Waals surface area contributed by atoms with Crippen molar-refractivity contribution in [3.8, 4) is 27.9 Å². The van der Waals surface area contributed by atoms with Gasteiger partial charge in [0.05, 0.1) is 11.0 Å².